The zero-order valence-electron chi connectivity index (χ0n) is 14.8. The molecule has 0 radical (unpaired) electrons. The topological polar surface area (TPSA) is 102 Å². The molecular weight excluding hydrogens is 356 g/mol. The number of fused-ring (bicyclic) bond motifs is 1. The Kier molecular flexibility index (Phi) is 5.50. The normalized spacial score (nSPS) is 22.7. The molecule has 0 bridgehead atoms. The van der Waals surface area contributed by atoms with Gasteiger partial charge in [0, 0.05) is 12.5 Å². The van der Waals surface area contributed by atoms with Gasteiger partial charge in [-0.15, -0.1) is 0 Å². The van der Waals surface area contributed by atoms with Gasteiger partial charge in [0.15, 0.2) is 16.4 Å². The van der Waals surface area contributed by atoms with Gasteiger partial charge in [0.25, 0.3) is 5.91 Å². The SMILES string of the molecule is CC1CCC(NC(=O)CCS(=O)(=O)c2ccc3c(c2)NC(=O)CO3)CC1. The number of carbonyl (C=O) groups excluding carboxylic acids is 2. The third-order valence-electron chi connectivity index (χ3n) is 4.92. The van der Waals surface area contributed by atoms with Crippen molar-refractivity contribution in [3.8, 4) is 5.75 Å². The van der Waals surface area contributed by atoms with Gasteiger partial charge in [-0.25, -0.2) is 8.42 Å². The second-order valence-corrected chi connectivity index (χ2v) is 9.20. The van der Waals surface area contributed by atoms with Crippen molar-refractivity contribution in [1.29, 1.82) is 0 Å². The predicted octanol–water partition coefficient (Wildman–Crippen LogP) is 1.88. The van der Waals surface area contributed by atoms with Gasteiger partial charge in [0.1, 0.15) is 5.75 Å². The first-order valence-electron chi connectivity index (χ1n) is 8.92. The number of sulfone groups is 1. The molecule has 2 amide bonds. The quantitative estimate of drug-likeness (QED) is 0.812. The number of ether oxygens (including phenoxy) is 1. The Labute approximate surface area is 153 Å². The maximum absolute atomic E-state index is 12.5. The zero-order chi connectivity index (χ0) is 18.7. The molecule has 2 N–H and O–H groups in total. The van der Waals surface area contributed by atoms with Gasteiger partial charge in [-0.2, -0.15) is 0 Å². The van der Waals surface area contributed by atoms with Crippen molar-refractivity contribution in [3.05, 3.63) is 18.2 Å². The van der Waals surface area contributed by atoms with Crippen molar-refractivity contribution in [2.24, 2.45) is 5.92 Å². The Morgan fingerprint density at radius 2 is 2.00 bits per heavy atom. The van der Waals surface area contributed by atoms with Gasteiger partial charge >= 0.3 is 0 Å². The second-order valence-electron chi connectivity index (χ2n) is 7.09. The minimum absolute atomic E-state index is 0.0707. The monoisotopic (exact) mass is 380 g/mol. The highest BCUT2D eigenvalue weighted by molar-refractivity contribution is 7.91. The number of hydrogen-bond acceptors (Lipinski definition) is 5. The number of amides is 2. The van der Waals surface area contributed by atoms with Crippen LogP contribution in [-0.4, -0.2) is 38.6 Å². The van der Waals surface area contributed by atoms with E-state index in [2.05, 4.69) is 17.6 Å². The van der Waals surface area contributed by atoms with E-state index in [9.17, 15) is 18.0 Å². The molecule has 142 valence electrons. The number of carbonyl (C=O) groups is 2. The summed E-state index contributed by atoms with van der Waals surface area (Å²) < 4.78 is 30.2. The van der Waals surface area contributed by atoms with E-state index in [0.29, 0.717) is 17.4 Å². The van der Waals surface area contributed by atoms with E-state index in [1.165, 1.54) is 18.2 Å². The van der Waals surface area contributed by atoms with Gasteiger partial charge < -0.3 is 15.4 Å². The van der Waals surface area contributed by atoms with Gasteiger partial charge in [-0.05, 0) is 49.8 Å². The highest BCUT2D eigenvalue weighted by atomic mass is 32.2. The van der Waals surface area contributed by atoms with Gasteiger partial charge in [-0.3, -0.25) is 9.59 Å². The first-order valence-corrected chi connectivity index (χ1v) is 10.6. The predicted molar refractivity (Wildman–Crippen MR) is 96.8 cm³/mol. The molecule has 26 heavy (non-hydrogen) atoms. The molecule has 0 aromatic heterocycles. The van der Waals surface area contributed by atoms with E-state index in [-0.39, 0.29) is 41.5 Å². The fourth-order valence-corrected chi connectivity index (χ4v) is 4.57. The lowest BCUT2D eigenvalue weighted by Gasteiger charge is -2.26. The lowest BCUT2D eigenvalue weighted by molar-refractivity contribution is -0.121. The van der Waals surface area contributed by atoms with Crippen LogP contribution in [0.3, 0.4) is 0 Å². The first kappa shape index (κ1) is 18.7. The molecule has 0 atom stereocenters. The van der Waals surface area contributed by atoms with Crippen LogP contribution in [-0.2, 0) is 19.4 Å². The van der Waals surface area contributed by atoms with Crippen molar-refractivity contribution in [2.75, 3.05) is 17.7 Å². The summed E-state index contributed by atoms with van der Waals surface area (Å²) in [6.45, 7) is 2.12. The van der Waals surface area contributed by atoms with Gasteiger partial charge in [0.05, 0.1) is 16.3 Å². The molecule has 0 spiro atoms. The first-order chi connectivity index (χ1) is 12.3. The highest BCUT2D eigenvalue weighted by Crippen LogP contribution is 2.30. The third-order valence-corrected chi connectivity index (χ3v) is 6.64. The standard InChI is InChI=1S/C18H24N2O5S/c1-12-2-4-13(5-3-12)19-17(21)8-9-26(23,24)14-6-7-16-15(10-14)20-18(22)11-25-16/h6-7,10,12-13H,2-5,8-9,11H2,1H3,(H,19,21)(H,20,22). The molecule has 0 saturated heterocycles. The molecule has 1 aromatic carbocycles. The fraction of sp³-hybridized carbons (Fsp3) is 0.556. The van der Waals surface area contributed by atoms with Crippen LogP contribution in [0.4, 0.5) is 5.69 Å². The van der Waals surface area contributed by atoms with E-state index in [4.69, 9.17) is 4.74 Å². The Bertz CT molecular complexity index is 798. The maximum Gasteiger partial charge on any atom is 0.262 e. The van der Waals surface area contributed by atoms with E-state index in [1.54, 1.807) is 0 Å². The van der Waals surface area contributed by atoms with Crippen molar-refractivity contribution >= 4 is 27.3 Å². The van der Waals surface area contributed by atoms with E-state index in [1.807, 2.05) is 0 Å². The van der Waals surface area contributed by atoms with E-state index < -0.39 is 9.84 Å². The minimum atomic E-state index is -3.62. The van der Waals surface area contributed by atoms with Crippen molar-refractivity contribution in [3.63, 3.8) is 0 Å². The van der Waals surface area contributed by atoms with Gasteiger partial charge in [-0.1, -0.05) is 6.92 Å². The molecule has 0 unspecified atom stereocenters. The second kappa shape index (κ2) is 7.65. The lowest BCUT2D eigenvalue weighted by Crippen LogP contribution is -2.38. The summed E-state index contributed by atoms with van der Waals surface area (Å²) >= 11 is 0. The van der Waals surface area contributed by atoms with Crippen molar-refractivity contribution in [2.45, 2.75) is 50.0 Å². The highest BCUT2D eigenvalue weighted by Gasteiger charge is 2.23. The van der Waals surface area contributed by atoms with Crippen molar-refractivity contribution in [1.82, 2.24) is 5.32 Å². The summed E-state index contributed by atoms with van der Waals surface area (Å²) in [4.78, 5) is 23.5. The van der Waals surface area contributed by atoms with Crippen LogP contribution in [0.5, 0.6) is 5.75 Å². The molecule has 8 heteroatoms. The van der Waals surface area contributed by atoms with Crippen LogP contribution in [0.2, 0.25) is 0 Å². The van der Waals surface area contributed by atoms with Crippen LogP contribution in [0.25, 0.3) is 0 Å². The molecule has 1 saturated carbocycles. The Morgan fingerprint density at radius 3 is 2.73 bits per heavy atom. The number of nitrogens with one attached hydrogen (secondary N) is 2. The zero-order valence-corrected chi connectivity index (χ0v) is 15.6. The summed E-state index contributed by atoms with van der Waals surface area (Å²) in [7, 11) is -3.62. The van der Waals surface area contributed by atoms with Crippen LogP contribution in [0.15, 0.2) is 23.1 Å². The molecule has 1 aliphatic heterocycles. The molecule has 1 fully saturated rings. The maximum atomic E-state index is 12.5. The number of rotatable bonds is 5. The fourth-order valence-electron chi connectivity index (χ4n) is 3.30. The van der Waals surface area contributed by atoms with E-state index >= 15 is 0 Å². The van der Waals surface area contributed by atoms with Crippen LogP contribution < -0.4 is 15.4 Å². The minimum Gasteiger partial charge on any atom is -0.482 e. The van der Waals surface area contributed by atoms with Gasteiger partial charge in [0.2, 0.25) is 5.91 Å². The smallest absolute Gasteiger partial charge is 0.262 e. The largest absolute Gasteiger partial charge is 0.482 e. The molecule has 1 heterocycles. The summed E-state index contributed by atoms with van der Waals surface area (Å²) in [5.74, 6) is 0.302. The molecule has 2 aliphatic rings. The molecule has 1 aromatic rings. The molecule has 3 rings (SSSR count). The summed E-state index contributed by atoms with van der Waals surface area (Å²) in [5, 5.41) is 5.53. The molecule has 1 aliphatic carbocycles. The number of anilines is 1. The lowest BCUT2D eigenvalue weighted by atomic mass is 9.87. The summed E-state index contributed by atoms with van der Waals surface area (Å²) in [5.41, 5.74) is 0.336. The van der Waals surface area contributed by atoms with E-state index in [0.717, 1.165) is 25.7 Å². The summed E-state index contributed by atoms with van der Waals surface area (Å²) in [6, 6.07) is 4.48. The van der Waals surface area contributed by atoms with Crippen LogP contribution >= 0.6 is 0 Å². The average molecular weight is 380 g/mol. The molecule has 7 nitrogen and oxygen atoms in total. The molecular formula is C18H24N2O5S. The summed E-state index contributed by atoms with van der Waals surface area (Å²) in [6.07, 6.45) is 4.00. The average Bonchev–Trinajstić information content (AvgIpc) is 2.61. The number of hydrogen-bond donors (Lipinski definition) is 2. The number of benzene rings is 1. The van der Waals surface area contributed by atoms with Crippen LogP contribution in [0.1, 0.15) is 39.0 Å². The van der Waals surface area contributed by atoms with Crippen molar-refractivity contribution < 1.29 is 22.7 Å². The Morgan fingerprint density at radius 1 is 1.27 bits per heavy atom. The Balaban J connectivity index is 1.58. The third kappa shape index (κ3) is 4.55. The van der Waals surface area contributed by atoms with Crippen LogP contribution in [0, 0.1) is 5.92 Å². The Hall–Kier alpha value is -2.09.